The standard InChI is InChI=1S/C15H33BNO4Si/c1-6-13-9-17(21-16-2)10-14(15(13)18)11-20-12-19-7-8-22(3,4)5/h13-15,18H,6-12H2,1-5H3/t13-,14+,15-/m0/s1. The molecular weight excluding hydrogens is 297 g/mol. The first-order valence-corrected chi connectivity index (χ1v) is 12.1. The second-order valence-corrected chi connectivity index (χ2v) is 12.9. The van der Waals surface area contributed by atoms with Crippen LogP contribution >= 0.6 is 0 Å². The number of piperidine rings is 1. The average molecular weight is 330 g/mol. The monoisotopic (exact) mass is 330 g/mol. The summed E-state index contributed by atoms with van der Waals surface area (Å²) in [5.74, 6) is 0.300. The van der Waals surface area contributed by atoms with Gasteiger partial charge in [-0.05, 0) is 18.4 Å². The van der Waals surface area contributed by atoms with E-state index in [-0.39, 0.29) is 17.9 Å². The van der Waals surface area contributed by atoms with E-state index in [4.69, 9.17) is 14.2 Å². The molecule has 0 amide bonds. The Morgan fingerprint density at radius 2 is 1.86 bits per heavy atom. The highest BCUT2D eigenvalue weighted by atomic mass is 28.3. The van der Waals surface area contributed by atoms with E-state index in [1.807, 2.05) is 11.9 Å². The molecule has 7 heteroatoms. The molecule has 1 rings (SSSR count). The Hall–Kier alpha value is 0.0818. The summed E-state index contributed by atoms with van der Waals surface area (Å²) in [6, 6.07) is 1.15. The number of ether oxygens (including phenoxy) is 2. The van der Waals surface area contributed by atoms with Crippen LogP contribution in [0.25, 0.3) is 0 Å². The minimum Gasteiger partial charge on any atom is -0.392 e. The zero-order chi connectivity index (χ0) is 16.6. The Morgan fingerprint density at radius 3 is 2.45 bits per heavy atom. The van der Waals surface area contributed by atoms with Crippen LogP contribution < -0.4 is 0 Å². The van der Waals surface area contributed by atoms with Gasteiger partial charge < -0.3 is 19.3 Å². The van der Waals surface area contributed by atoms with Gasteiger partial charge in [0.25, 0.3) is 0 Å². The lowest BCUT2D eigenvalue weighted by Crippen LogP contribution is -2.50. The molecule has 0 unspecified atom stereocenters. The third-order valence-electron chi connectivity index (χ3n) is 4.12. The average Bonchev–Trinajstić information content (AvgIpc) is 2.44. The fraction of sp³-hybridized carbons (Fsp3) is 1.00. The normalized spacial score (nSPS) is 27.1. The summed E-state index contributed by atoms with van der Waals surface area (Å²) >= 11 is 0. The molecule has 1 heterocycles. The minimum absolute atomic E-state index is 0.0687. The van der Waals surface area contributed by atoms with Crippen LogP contribution in [-0.2, 0) is 14.2 Å². The SMILES string of the molecule is C[B]ON1C[C@H](CC)[C@H](O)[C@@H](COCOCC[Si](C)(C)C)C1. The van der Waals surface area contributed by atoms with Gasteiger partial charge in [-0.15, -0.1) is 0 Å². The molecule has 0 saturated carbocycles. The third kappa shape index (κ3) is 7.57. The van der Waals surface area contributed by atoms with Crippen molar-refractivity contribution in [3.05, 3.63) is 0 Å². The number of nitrogens with zero attached hydrogens (tertiary/aromatic N) is 1. The van der Waals surface area contributed by atoms with Gasteiger partial charge in [0.15, 0.2) is 0 Å². The smallest absolute Gasteiger partial charge is 0.321 e. The van der Waals surface area contributed by atoms with Crippen molar-refractivity contribution in [1.82, 2.24) is 5.06 Å². The maximum atomic E-state index is 10.4. The van der Waals surface area contributed by atoms with E-state index >= 15 is 0 Å². The van der Waals surface area contributed by atoms with E-state index in [9.17, 15) is 5.11 Å². The lowest BCUT2D eigenvalue weighted by Gasteiger charge is -2.40. The highest BCUT2D eigenvalue weighted by molar-refractivity contribution is 6.76. The Balaban J connectivity index is 2.27. The van der Waals surface area contributed by atoms with Gasteiger partial charge in [-0.3, -0.25) is 0 Å². The van der Waals surface area contributed by atoms with Crippen molar-refractivity contribution in [1.29, 1.82) is 0 Å². The first-order valence-electron chi connectivity index (χ1n) is 8.40. The van der Waals surface area contributed by atoms with Crippen LogP contribution in [0.5, 0.6) is 0 Å². The summed E-state index contributed by atoms with van der Waals surface area (Å²) in [5, 5.41) is 12.3. The van der Waals surface area contributed by atoms with Crippen molar-refractivity contribution >= 4 is 15.6 Å². The predicted octanol–water partition coefficient (Wildman–Crippen LogP) is 2.23. The zero-order valence-corrected chi connectivity index (χ0v) is 15.9. The van der Waals surface area contributed by atoms with Gasteiger partial charge in [-0.1, -0.05) is 33.4 Å². The van der Waals surface area contributed by atoms with Crippen LogP contribution in [0.1, 0.15) is 13.3 Å². The molecule has 1 aliphatic heterocycles. The Bertz CT molecular complexity index is 304. The number of hydroxylamine groups is 2. The Labute approximate surface area is 137 Å². The summed E-state index contributed by atoms with van der Waals surface area (Å²) in [5.41, 5.74) is 0. The summed E-state index contributed by atoms with van der Waals surface area (Å²) in [4.78, 5) is 0. The molecule has 0 aliphatic carbocycles. The van der Waals surface area contributed by atoms with E-state index in [1.54, 1.807) is 7.48 Å². The predicted molar refractivity (Wildman–Crippen MR) is 92.5 cm³/mol. The van der Waals surface area contributed by atoms with E-state index in [0.29, 0.717) is 19.9 Å². The van der Waals surface area contributed by atoms with E-state index in [0.717, 1.165) is 25.6 Å². The fourth-order valence-corrected chi connectivity index (χ4v) is 3.41. The molecule has 1 aliphatic rings. The number of rotatable bonds is 10. The van der Waals surface area contributed by atoms with Crippen LogP contribution in [0.2, 0.25) is 32.5 Å². The molecule has 1 fully saturated rings. The van der Waals surface area contributed by atoms with Crippen LogP contribution in [-0.4, -0.2) is 64.9 Å². The molecule has 5 nitrogen and oxygen atoms in total. The fourth-order valence-electron chi connectivity index (χ4n) is 2.65. The number of aliphatic hydroxyl groups excluding tert-OH is 1. The van der Waals surface area contributed by atoms with Gasteiger partial charge in [0.1, 0.15) is 6.79 Å². The van der Waals surface area contributed by atoms with Crippen molar-refractivity contribution in [3.63, 3.8) is 0 Å². The molecule has 0 spiro atoms. The summed E-state index contributed by atoms with van der Waals surface area (Å²) in [6.07, 6.45) is 0.609. The van der Waals surface area contributed by atoms with Gasteiger partial charge >= 0.3 is 7.48 Å². The number of hydrogen-bond donors (Lipinski definition) is 1. The molecule has 129 valence electrons. The topological polar surface area (TPSA) is 51.2 Å². The van der Waals surface area contributed by atoms with E-state index in [2.05, 4.69) is 26.6 Å². The van der Waals surface area contributed by atoms with E-state index in [1.165, 1.54) is 0 Å². The molecule has 0 bridgehead atoms. The molecule has 22 heavy (non-hydrogen) atoms. The number of aliphatic hydroxyl groups is 1. The van der Waals surface area contributed by atoms with Gasteiger partial charge in [0, 0.05) is 33.7 Å². The highest BCUT2D eigenvalue weighted by Crippen LogP contribution is 2.25. The van der Waals surface area contributed by atoms with Crippen molar-refractivity contribution in [2.24, 2.45) is 11.8 Å². The highest BCUT2D eigenvalue weighted by Gasteiger charge is 2.35. The Kier molecular flexibility index (Phi) is 9.20. The van der Waals surface area contributed by atoms with Crippen LogP contribution in [0, 0.1) is 11.8 Å². The molecule has 1 radical (unpaired) electrons. The molecule has 1 N–H and O–H groups in total. The lowest BCUT2D eigenvalue weighted by molar-refractivity contribution is -0.163. The quantitative estimate of drug-likeness (QED) is 0.378. The summed E-state index contributed by atoms with van der Waals surface area (Å²) < 4.78 is 16.7. The molecule has 3 atom stereocenters. The molecule has 1 saturated heterocycles. The Morgan fingerprint density at radius 1 is 1.18 bits per heavy atom. The van der Waals surface area contributed by atoms with Crippen LogP contribution in [0.15, 0.2) is 0 Å². The summed E-state index contributed by atoms with van der Waals surface area (Å²) in [6.45, 7) is 14.0. The van der Waals surface area contributed by atoms with Crippen LogP contribution in [0.4, 0.5) is 0 Å². The van der Waals surface area contributed by atoms with Crippen LogP contribution in [0.3, 0.4) is 0 Å². The third-order valence-corrected chi connectivity index (χ3v) is 5.82. The maximum absolute atomic E-state index is 10.4. The second kappa shape index (κ2) is 10.1. The first kappa shape index (κ1) is 20.1. The van der Waals surface area contributed by atoms with E-state index < -0.39 is 8.07 Å². The largest absolute Gasteiger partial charge is 0.392 e. The van der Waals surface area contributed by atoms with Crippen molar-refractivity contribution in [2.75, 3.05) is 33.1 Å². The van der Waals surface area contributed by atoms with Crippen molar-refractivity contribution < 1.29 is 19.3 Å². The summed E-state index contributed by atoms with van der Waals surface area (Å²) in [7, 11) is 0.642. The van der Waals surface area contributed by atoms with Crippen molar-refractivity contribution in [3.8, 4) is 0 Å². The minimum atomic E-state index is -1.04. The maximum Gasteiger partial charge on any atom is 0.321 e. The lowest BCUT2D eigenvalue weighted by atomic mass is 9.85. The van der Waals surface area contributed by atoms with Crippen molar-refractivity contribution in [2.45, 2.75) is 52.0 Å². The second-order valence-electron chi connectivity index (χ2n) is 7.31. The van der Waals surface area contributed by atoms with Gasteiger partial charge in [-0.2, -0.15) is 0 Å². The molecule has 0 aromatic heterocycles. The first-order chi connectivity index (χ1) is 10.4. The number of hydrogen-bond acceptors (Lipinski definition) is 5. The molecule has 0 aromatic carbocycles. The molecular formula is C15H33BNO4Si. The molecule has 0 aromatic rings. The van der Waals surface area contributed by atoms with Gasteiger partial charge in [-0.25, -0.2) is 5.06 Å². The van der Waals surface area contributed by atoms with Gasteiger partial charge in [0.2, 0.25) is 0 Å². The zero-order valence-electron chi connectivity index (χ0n) is 14.9. The van der Waals surface area contributed by atoms with Gasteiger partial charge in [0.05, 0.1) is 12.7 Å².